The number of halogens is 3. The minimum Gasteiger partial charge on any atom is -0.342 e. The van der Waals surface area contributed by atoms with Crippen LogP contribution in [0.15, 0.2) is 30.6 Å². The molecule has 1 aliphatic heterocycles. The van der Waals surface area contributed by atoms with Crippen LogP contribution in [0.2, 0.25) is 15.2 Å². The maximum absolute atomic E-state index is 6.71. The summed E-state index contributed by atoms with van der Waals surface area (Å²) in [6, 6.07) is 6.14. The molecule has 0 radical (unpaired) electrons. The first-order valence-electron chi connectivity index (χ1n) is 10.4. The number of piperidine rings is 1. The molecule has 2 fully saturated rings. The third-order valence-electron chi connectivity index (χ3n) is 7.00. The van der Waals surface area contributed by atoms with Gasteiger partial charge in [0.1, 0.15) is 5.15 Å². The van der Waals surface area contributed by atoms with E-state index >= 15 is 0 Å². The number of benzene rings is 1. The van der Waals surface area contributed by atoms with Crippen LogP contribution in [0, 0.1) is 5.41 Å². The molecule has 0 amide bonds. The van der Waals surface area contributed by atoms with Crippen LogP contribution in [-0.2, 0) is 0 Å². The molecular formula is C22H24Cl3N5. The predicted octanol–water partition coefficient (Wildman–Crippen LogP) is 5.72. The van der Waals surface area contributed by atoms with Crippen LogP contribution in [-0.4, -0.2) is 40.5 Å². The molecule has 3 heterocycles. The smallest absolute Gasteiger partial charge is 0.212 e. The normalized spacial score (nSPS) is 21.1. The van der Waals surface area contributed by atoms with Gasteiger partial charge in [0, 0.05) is 37.1 Å². The number of aromatic nitrogens is 3. The third-order valence-corrected chi connectivity index (χ3v) is 8.09. The van der Waals surface area contributed by atoms with Gasteiger partial charge in [0.2, 0.25) is 5.95 Å². The highest BCUT2D eigenvalue weighted by atomic mass is 35.5. The summed E-state index contributed by atoms with van der Waals surface area (Å²) in [5.41, 5.74) is 2.60. The zero-order valence-electron chi connectivity index (χ0n) is 16.8. The highest BCUT2D eigenvalue weighted by molar-refractivity contribution is 6.44. The largest absolute Gasteiger partial charge is 0.342 e. The van der Waals surface area contributed by atoms with Crippen LogP contribution in [0.3, 0.4) is 0 Å². The first kappa shape index (κ1) is 20.4. The van der Waals surface area contributed by atoms with Gasteiger partial charge in [-0.3, -0.25) is 4.40 Å². The van der Waals surface area contributed by atoms with Crippen LogP contribution < -0.4 is 10.2 Å². The lowest BCUT2D eigenvalue weighted by Gasteiger charge is -2.43. The lowest BCUT2D eigenvalue weighted by Crippen LogP contribution is -2.48. The summed E-state index contributed by atoms with van der Waals surface area (Å²) in [7, 11) is 2.10. The molecular weight excluding hydrogens is 441 g/mol. The summed E-state index contributed by atoms with van der Waals surface area (Å²) in [6.07, 6.45) is 9.95. The number of fused-ring (bicyclic) bond motifs is 1. The molecule has 1 aromatic carbocycles. The molecule has 1 saturated heterocycles. The fourth-order valence-corrected chi connectivity index (χ4v) is 6.09. The zero-order valence-corrected chi connectivity index (χ0v) is 19.1. The van der Waals surface area contributed by atoms with Gasteiger partial charge in [-0.1, -0.05) is 53.4 Å². The Morgan fingerprint density at radius 3 is 2.70 bits per heavy atom. The zero-order chi connectivity index (χ0) is 20.9. The number of nitrogens with zero attached hydrogens (tertiary/aromatic N) is 4. The van der Waals surface area contributed by atoms with E-state index in [0.717, 1.165) is 43.1 Å². The average molecular weight is 465 g/mol. The number of nitrogens with one attached hydrogen (secondary N) is 1. The Balaban J connectivity index is 1.52. The van der Waals surface area contributed by atoms with Crippen molar-refractivity contribution >= 4 is 46.4 Å². The monoisotopic (exact) mass is 463 g/mol. The van der Waals surface area contributed by atoms with Gasteiger partial charge in [0.25, 0.3) is 0 Å². The Labute approximate surface area is 191 Å². The van der Waals surface area contributed by atoms with Crippen molar-refractivity contribution in [3.05, 3.63) is 45.8 Å². The van der Waals surface area contributed by atoms with E-state index in [0.29, 0.717) is 32.2 Å². The lowest BCUT2D eigenvalue weighted by molar-refractivity contribution is 0.177. The van der Waals surface area contributed by atoms with Gasteiger partial charge >= 0.3 is 0 Å². The molecule has 8 heteroatoms. The minimum absolute atomic E-state index is 0.391. The van der Waals surface area contributed by atoms with Gasteiger partial charge in [-0.25, -0.2) is 9.97 Å². The highest BCUT2D eigenvalue weighted by Gasteiger charge is 2.44. The van der Waals surface area contributed by atoms with E-state index in [1.807, 2.05) is 22.7 Å². The standard InChI is InChI=1S/C22H24Cl3N5/c1-26-16-6-3-7-22(16)8-11-29(12-9-22)21-28-19(25)17(20-27-10-13-30(20)21)14-4-2-5-15(23)18(14)24/h2,4-5,10,13,16,26H,3,6-9,11-12H2,1H3/t16-/m1/s1. The van der Waals surface area contributed by atoms with E-state index < -0.39 is 0 Å². The Morgan fingerprint density at radius 2 is 1.93 bits per heavy atom. The molecule has 1 aliphatic carbocycles. The summed E-state index contributed by atoms with van der Waals surface area (Å²) in [6.45, 7) is 1.93. The molecule has 2 aromatic heterocycles. The van der Waals surface area contributed by atoms with E-state index in [9.17, 15) is 0 Å². The Kier molecular flexibility index (Phi) is 5.34. The fraction of sp³-hybridized carbons (Fsp3) is 0.455. The number of rotatable bonds is 3. The third kappa shape index (κ3) is 3.18. The van der Waals surface area contributed by atoms with Crippen LogP contribution >= 0.6 is 34.8 Å². The molecule has 2 aliphatic rings. The van der Waals surface area contributed by atoms with Gasteiger partial charge in [-0.15, -0.1) is 0 Å². The van der Waals surface area contributed by atoms with Gasteiger partial charge < -0.3 is 10.2 Å². The van der Waals surface area contributed by atoms with E-state index in [1.165, 1.54) is 19.3 Å². The van der Waals surface area contributed by atoms with Crippen molar-refractivity contribution in [3.63, 3.8) is 0 Å². The maximum atomic E-state index is 6.71. The molecule has 1 saturated carbocycles. The molecule has 5 rings (SSSR count). The van der Waals surface area contributed by atoms with Crippen molar-refractivity contribution in [2.24, 2.45) is 5.41 Å². The summed E-state index contributed by atoms with van der Waals surface area (Å²) in [5, 5.41) is 4.89. The summed E-state index contributed by atoms with van der Waals surface area (Å²) < 4.78 is 2.01. The second-order valence-corrected chi connectivity index (χ2v) is 9.53. The average Bonchev–Trinajstić information content (AvgIpc) is 3.38. The highest BCUT2D eigenvalue weighted by Crippen LogP contribution is 2.47. The SMILES string of the molecule is CN[C@@H]1CCCC12CCN(c1nc(Cl)c(-c3cccc(Cl)c3Cl)c3nccn13)CC2. The van der Waals surface area contributed by atoms with E-state index in [4.69, 9.17) is 39.8 Å². The molecule has 5 nitrogen and oxygen atoms in total. The fourth-order valence-electron chi connectivity index (χ4n) is 5.43. The van der Waals surface area contributed by atoms with Crippen molar-refractivity contribution in [2.75, 3.05) is 25.0 Å². The van der Waals surface area contributed by atoms with Crippen molar-refractivity contribution in [1.82, 2.24) is 19.7 Å². The van der Waals surface area contributed by atoms with Crippen molar-refractivity contribution in [3.8, 4) is 11.1 Å². The number of anilines is 1. The van der Waals surface area contributed by atoms with Gasteiger partial charge in [-0.2, -0.15) is 0 Å². The van der Waals surface area contributed by atoms with Crippen LogP contribution in [0.4, 0.5) is 5.95 Å². The second kappa shape index (κ2) is 7.86. The van der Waals surface area contributed by atoms with Gasteiger partial charge in [-0.05, 0) is 44.2 Å². The Morgan fingerprint density at radius 1 is 1.13 bits per heavy atom. The molecule has 30 heavy (non-hydrogen) atoms. The number of hydrogen-bond donors (Lipinski definition) is 1. The lowest BCUT2D eigenvalue weighted by atomic mass is 9.74. The maximum Gasteiger partial charge on any atom is 0.212 e. The molecule has 0 unspecified atom stereocenters. The van der Waals surface area contributed by atoms with E-state index in [1.54, 1.807) is 12.3 Å². The Bertz CT molecular complexity index is 1090. The first-order chi connectivity index (χ1) is 14.5. The first-order valence-corrected chi connectivity index (χ1v) is 11.6. The molecule has 0 bridgehead atoms. The molecule has 3 aromatic rings. The summed E-state index contributed by atoms with van der Waals surface area (Å²) >= 11 is 19.4. The summed E-state index contributed by atoms with van der Waals surface area (Å²) in [4.78, 5) is 11.7. The molecule has 1 N–H and O–H groups in total. The topological polar surface area (TPSA) is 45.5 Å². The van der Waals surface area contributed by atoms with Gasteiger partial charge in [0.15, 0.2) is 5.65 Å². The predicted molar refractivity (Wildman–Crippen MR) is 124 cm³/mol. The molecule has 1 atom stereocenters. The van der Waals surface area contributed by atoms with Crippen LogP contribution in [0.25, 0.3) is 16.8 Å². The molecule has 1 spiro atoms. The van der Waals surface area contributed by atoms with Crippen molar-refractivity contribution < 1.29 is 0 Å². The van der Waals surface area contributed by atoms with Gasteiger partial charge in [0.05, 0.1) is 15.6 Å². The summed E-state index contributed by atoms with van der Waals surface area (Å²) in [5.74, 6) is 0.836. The minimum atomic E-state index is 0.391. The van der Waals surface area contributed by atoms with Crippen molar-refractivity contribution in [1.29, 1.82) is 0 Å². The Hall–Kier alpha value is -1.53. The quantitative estimate of drug-likeness (QED) is 0.504. The van der Waals surface area contributed by atoms with E-state index in [-0.39, 0.29) is 0 Å². The second-order valence-electron chi connectivity index (χ2n) is 8.38. The number of hydrogen-bond acceptors (Lipinski definition) is 4. The van der Waals surface area contributed by atoms with Crippen molar-refractivity contribution in [2.45, 2.75) is 38.1 Å². The van der Waals surface area contributed by atoms with E-state index in [2.05, 4.69) is 22.2 Å². The molecule has 158 valence electrons. The van der Waals surface area contributed by atoms with Crippen LogP contribution in [0.1, 0.15) is 32.1 Å². The number of imidazole rings is 1. The van der Waals surface area contributed by atoms with Crippen LogP contribution in [0.5, 0.6) is 0 Å².